The molecule has 1 unspecified atom stereocenters. The van der Waals surface area contributed by atoms with Crippen LogP contribution in [0.25, 0.3) is 0 Å². The quantitative estimate of drug-likeness (QED) is 0.829. The third-order valence-electron chi connectivity index (χ3n) is 4.05. The van der Waals surface area contributed by atoms with Gasteiger partial charge in [0.1, 0.15) is 5.75 Å². The molecule has 0 heterocycles. The van der Waals surface area contributed by atoms with Crippen molar-refractivity contribution in [2.24, 2.45) is 0 Å². The summed E-state index contributed by atoms with van der Waals surface area (Å²) >= 11 is 0. The average Bonchev–Trinajstić information content (AvgIpc) is 2.34. The molecule has 0 saturated carbocycles. The molecule has 0 fully saturated rings. The van der Waals surface area contributed by atoms with Crippen molar-refractivity contribution < 1.29 is 5.11 Å². The van der Waals surface area contributed by atoms with E-state index in [1.54, 1.807) is 0 Å². The first kappa shape index (κ1) is 18.0. The van der Waals surface area contributed by atoms with Crippen molar-refractivity contribution in [3.63, 3.8) is 0 Å². The van der Waals surface area contributed by atoms with Gasteiger partial charge in [0.15, 0.2) is 0 Å². The van der Waals surface area contributed by atoms with E-state index in [9.17, 15) is 5.11 Å². The molecule has 0 bridgehead atoms. The molecule has 2 nitrogen and oxygen atoms in total. The summed E-state index contributed by atoms with van der Waals surface area (Å²) in [7, 11) is 0. The molecule has 0 amide bonds. The first-order valence-corrected chi connectivity index (χ1v) is 8.07. The van der Waals surface area contributed by atoms with Gasteiger partial charge in [0, 0.05) is 12.6 Å². The van der Waals surface area contributed by atoms with Crippen LogP contribution in [0.1, 0.15) is 78.5 Å². The minimum atomic E-state index is -0.0591. The Morgan fingerprint density at radius 2 is 1.43 bits per heavy atom. The zero-order valence-corrected chi connectivity index (χ0v) is 15.1. The van der Waals surface area contributed by atoms with Crippen LogP contribution in [0, 0.1) is 0 Å². The zero-order chi connectivity index (χ0) is 16.4. The summed E-state index contributed by atoms with van der Waals surface area (Å²) in [4.78, 5) is 0. The predicted molar refractivity (Wildman–Crippen MR) is 92.1 cm³/mol. The molecule has 0 aliphatic heterocycles. The summed E-state index contributed by atoms with van der Waals surface area (Å²) in [6.07, 6.45) is 1.12. The van der Waals surface area contributed by atoms with Gasteiger partial charge in [0.2, 0.25) is 0 Å². The van der Waals surface area contributed by atoms with Gasteiger partial charge in [-0.05, 0) is 40.9 Å². The summed E-state index contributed by atoms with van der Waals surface area (Å²) in [5.74, 6) is 0.460. The summed E-state index contributed by atoms with van der Waals surface area (Å²) in [6, 6.07) is 4.81. The van der Waals surface area contributed by atoms with E-state index in [1.807, 2.05) is 0 Å². The fraction of sp³-hybridized carbons (Fsp3) is 0.684. The Morgan fingerprint density at radius 1 is 1.00 bits per heavy atom. The van der Waals surface area contributed by atoms with E-state index in [1.165, 1.54) is 5.56 Å². The van der Waals surface area contributed by atoms with Crippen molar-refractivity contribution in [2.75, 3.05) is 0 Å². The van der Waals surface area contributed by atoms with E-state index >= 15 is 0 Å². The third-order valence-corrected chi connectivity index (χ3v) is 4.05. The fourth-order valence-corrected chi connectivity index (χ4v) is 2.38. The maximum atomic E-state index is 10.7. The van der Waals surface area contributed by atoms with Gasteiger partial charge < -0.3 is 10.4 Å². The highest BCUT2D eigenvalue weighted by atomic mass is 16.3. The van der Waals surface area contributed by atoms with Gasteiger partial charge in [0.05, 0.1) is 0 Å². The monoisotopic (exact) mass is 291 g/mol. The van der Waals surface area contributed by atoms with Gasteiger partial charge in [-0.25, -0.2) is 0 Å². The molecule has 0 radical (unpaired) electrons. The van der Waals surface area contributed by atoms with Gasteiger partial charge in [-0.3, -0.25) is 0 Å². The number of phenols is 1. The van der Waals surface area contributed by atoms with Gasteiger partial charge in [-0.15, -0.1) is 0 Å². The summed E-state index contributed by atoms with van der Waals surface area (Å²) in [6.45, 7) is 18.2. The van der Waals surface area contributed by atoms with E-state index < -0.39 is 0 Å². The van der Waals surface area contributed by atoms with Crippen molar-refractivity contribution in [3.8, 4) is 5.75 Å². The minimum absolute atomic E-state index is 0.0591. The molecule has 0 aromatic heterocycles. The first-order chi connectivity index (χ1) is 9.46. The SMILES string of the molecule is CCC(C)NCc1cc(C(C)(C)C)c(O)c(C(C)(C)C)c1. The lowest BCUT2D eigenvalue weighted by Gasteiger charge is -2.28. The molecule has 1 rings (SSSR count). The molecular formula is C19H33NO. The maximum Gasteiger partial charge on any atom is 0.123 e. The lowest BCUT2D eigenvalue weighted by Crippen LogP contribution is -2.25. The Balaban J connectivity index is 3.27. The number of phenolic OH excluding ortho intramolecular Hbond substituents is 1. The lowest BCUT2D eigenvalue weighted by molar-refractivity contribution is 0.422. The van der Waals surface area contributed by atoms with E-state index in [0.29, 0.717) is 11.8 Å². The Labute approximate surface area is 131 Å². The molecule has 0 spiro atoms. The summed E-state index contributed by atoms with van der Waals surface area (Å²) < 4.78 is 0. The Kier molecular flexibility index (Phi) is 5.49. The highest BCUT2D eigenvalue weighted by molar-refractivity contribution is 5.49. The predicted octanol–water partition coefficient (Wildman–Crippen LogP) is 4.88. The fourth-order valence-electron chi connectivity index (χ4n) is 2.38. The van der Waals surface area contributed by atoms with Gasteiger partial charge >= 0.3 is 0 Å². The van der Waals surface area contributed by atoms with Gasteiger partial charge in [-0.2, -0.15) is 0 Å². The number of nitrogens with one attached hydrogen (secondary N) is 1. The van der Waals surface area contributed by atoms with Gasteiger partial charge in [-0.1, -0.05) is 60.6 Å². The van der Waals surface area contributed by atoms with Crippen LogP contribution in [-0.4, -0.2) is 11.1 Å². The summed E-state index contributed by atoms with van der Waals surface area (Å²) in [5.41, 5.74) is 3.21. The number of rotatable bonds is 4. The lowest BCUT2D eigenvalue weighted by atomic mass is 9.78. The average molecular weight is 291 g/mol. The second-order valence-corrected chi connectivity index (χ2v) is 8.23. The van der Waals surface area contributed by atoms with Crippen LogP contribution in [0.15, 0.2) is 12.1 Å². The number of hydrogen-bond acceptors (Lipinski definition) is 2. The number of hydrogen-bond donors (Lipinski definition) is 2. The summed E-state index contributed by atoms with van der Waals surface area (Å²) in [5, 5.41) is 14.2. The van der Waals surface area contributed by atoms with Crippen molar-refractivity contribution in [1.82, 2.24) is 5.32 Å². The topological polar surface area (TPSA) is 32.3 Å². The normalized spacial score (nSPS) is 14.3. The largest absolute Gasteiger partial charge is 0.507 e. The van der Waals surface area contributed by atoms with E-state index in [2.05, 4.69) is 72.8 Å². The molecule has 2 N–H and O–H groups in total. The second-order valence-electron chi connectivity index (χ2n) is 8.23. The second kappa shape index (κ2) is 6.39. The van der Waals surface area contributed by atoms with Crippen LogP contribution in [0.2, 0.25) is 0 Å². The van der Waals surface area contributed by atoms with Crippen molar-refractivity contribution in [1.29, 1.82) is 0 Å². The molecular weight excluding hydrogens is 258 g/mol. The van der Waals surface area contributed by atoms with Crippen LogP contribution in [0.3, 0.4) is 0 Å². The minimum Gasteiger partial charge on any atom is -0.507 e. The number of aromatic hydroxyl groups is 1. The molecule has 2 heteroatoms. The van der Waals surface area contributed by atoms with E-state index in [4.69, 9.17) is 0 Å². The van der Waals surface area contributed by atoms with Crippen molar-refractivity contribution in [3.05, 3.63) is 28.8 Å². The van der Waals surface area contributed by atoms with Crippen LogP contribution >= 0.6 is 0 Å². The van der Waals surface area contributed by atoms with Crippen molar-refractivity contribution in [2.45, 2.75) is 85.2 Å². The zero-order valence-electron chi connectivity index (χ0n) is 15.1. The highest BCUT2D eigenvalue weighted by Gasteiger charge is 2.26. The Morgan fingerprint density at radius 3 is 1.76 bits per heavy atom. The standard InChI is InChI=1S/C19H33NO/c1-9-13(2)20-12-14-10-15(18(3,4)5)17(21)16(11-14)19(6,7)8/h10-11,13,20-21H,9,12H2,1-8H3. The Hall–Kier alpha value is -1.02. The first-order valence-electron chi connectivity index (χ1n) is 8.07. The highest BCUT2D eigenvalue weighted by Crippen LogP contribution is 2.39. The molecule has 1 aromatic rings. The molecule has 0 aliphatic carbocycles. The molecule has 0 saturated heterocycles. The van der Waals surface area contributed by atoms with Gasteiger partial charge in [0.25, 0.3) is 0 Å². The van der Waals surface area contributed by atoms with Crippen LogP contribution in [0.4, 0.5) is 0 Å². The van der Waals surface area contributed by atoms with Crippen LogP contribution in [-0.2, 0) is 17.4 Å². The third kappa shape index (κ3) is 4.74. The number of benzene rings is 1. The van der Waals surface area contributed by atoms with E-state index in [-0.39, 0.29) is 10.8 Å². The molecule has 1 aromatic carbocycles. The van der Waals surface area contributed by atoms with E-state index in [0.717, 1.165) is 24.1 Å². The molecule has 120 valence electrons. The molecule has 0 aliphatic rings. The van der Waals surface area contributed by atoms with Crippen molar-refractivity contribution >= 4 is 0 Å². The maximum absolute atomic E-state index is 10.7. The smallest absolute Gasteiger partial charge is 0.123 e. The van der Waals surface area contributed by atoms with Crippen LogP contribution in [0.5, 0.6) is 5.75 Å². The Bertz CT molecular complexity index is 442. The molecule has 21 heavy (non-hydrogen) atoms. The van der Waals surface area contributed by atoms with Crippen LogP contribution < -0.4 is 5.32 Å². The molecule has 1 atom stereocenters.